The Bertz CT molecular complexity index is 587. The van der Waals surface area contributed by atoms with E-state index in [2.05, 4.69) is 15.2 Å². The van der Waals surface area contributed by atoms with Gasteiger partial charge in [0.05, 0.1) is 5.75 Å². The number of benzene rings is 1. The van der Waals surface area contributed by atoms with E-state index in [1.165, 1.54) is 12.1 Å². The molecular formula is C10H8FN3O3S. The summed E-state index contributed by atoms with van der Waals surface area (Å²) in [5.74, 6) is -2.02. The van der Waals surface area contributed by atoms with Crippen molar-refractivity contribution in [2.75, 3.05) is 5.75 Å². The van der Waals surface area contributed by atoms with E-state index in [-0.39, 0.29) is 10.9 Å². The molecule has 0 bridgehead atoms. The summed E-state index contributed by atoms with van der Waals surface area (Å²) in [5, 5.41) is 24.2. The predicted octanol–water partition coefficient (Wildman–Crippen LogP) is 1.49. The van der Waals surface area contributed by atoms with Crippen LogP contribution in [0.25, 0.3) is 11.4 Å². The lowest BCUT2D eigenvalue weighted by molar-refractivity contribution is -0.133. The van der Waals surface area contributed by atoms with Crippen LogP contribution in [0, 0.1) is 5.82 Å². The van der Waals surface area contributed by atoms with Crippen LogP contribution in [0.15, 0.2) is 23.4 Å². The average molecular weight is 269 g/mol. The van der Waals surface area contributed by atoms with E-state index in [1.54, 1.807) is 0 Å². The Kier molecular flexibility index (Phi) is 3.47. The molecule has 18 heavy (non-hydrogen) atoms. The van der Waals surface area contributed by atoms with E-state index < -0.39 is 17.5 Å². The number of phenolic OH excluding ortho intramolecular Hbond substituents is 1. The second-order valence-corrected chi connectivity index (χ2v) is 4.26. The molecule has 2 rings (SSSR count). The van der Waals surface area contributed by atoms with Gasteiger partial charge in [0, 0.05) is 5.56 Å². The molecule has 0 aliphatic rings. The number of carboxylic acid groups (broad SMARTS) is 1. The Labute approximate surface area is 105 Å². The second-order valence-electron chi connectivity index (χ2n) is 3.32. The van der Waals surface area contributed by atoms with Gasteiger partial charge in [-0.1, -0.05) is 11.8 Å². The maximum atomic E-state index is 13.1. The van der Waals surface area contributed by atoms with Crippen molar-refractivity contribution >= 4 is 17.7 Å². The van der Waals surface area contributed by atoms with Gasteiger partial charge >= 0.3 is 5.97 Å². The van der Waals surface area contributed by atoms with Gasteiger partial charge in [-0.25, -0.2) is 9.37 Å². The lowest BCUT2D eigenvalue weighted by atomic mass is 10.2. The van der Waals surface area contributed by atoms with Crippen LogP contribution < -0.4 is 0 Å². The average Bonchev–Trinajstić information content (AvgIpc) is 2.79. The smallest absolute Gasteiger partial charge is 0.313 e. The van der Waals surface area contributed by atoms with Crippen molar-refractivity contribution < 1.29 is 19.4 Å². The number of aromatic nitrogens is 3. The number of aliphatic carboxylic acids is 1. The number of thioether (sulfide) groups is 1. The van der Waals surface area contributed by atoms with Crippen molar-refractivity contribution in [2.24, 2.45) is 0 Å². The van der Waals surface area contributed by atoms with Crippen LogP contribution in [-0.4, -0.2) is 37.1 Å². The number of carboxylic acids is 1. The maximum Gasteiger partial charge on any atom is 0.313 e. The third kappa shape index (κ3) is 2.77. The van der Waals surface area contributed by atoms with Gasteiger partial charge in [-0.05, 0) is 18.2 Å². The zero-order valence-corrected chi connectivity index (χ0v) is 9.74. The van der Waals surface area contributed by atoms with Crippen LogP contribution in [0.5, 0.6) is 5.75 Å². The summed E-state index contributed by atoms with van der Waals surface area (Å²) < 4.78 is 13.1. The van der Waals surface area contributed by atoms with Gasteiger partial charge in [0.1, 0.15) is 0 Å². The third-order valence-corrected chi connectivity index (χ3v) is 2.84. The van der Waals surface area contributed by atoms with Crippen molar-refractivity contribution in [1.29, 1.82) is 0 Å². The van der Waals surface area contributed by atoms with Crippen molar-refractivity contribution in [3.05, 3.63) is 24.0 Å². The molecule has 0 saturated carbocycles. The number of rotatable bonds is 4. The normalized spacial score (nSPS) is 10.5. The first-order chi connectivity index (χ1) is 8.56. The number of H-pyrrole nitrogens is 1. The second kappa shape index (κ2) is 5.05. The molecular weight excluding hydrogens is 261 g/mol. The van der Waals surface area contributed by atoms with E-state index in [9.17, 15) is 9.18 Å². The standard InChI is InChI=1S/C10H8FN3O3S/c11-6-3-5(1-2-7(6)15)9-12-10(14-13-9)18-4-8(16)17/h1-3,15H,4H2,(H,16,17)(H,12,13,14). The summed E-state index contributed by atoms with van der Waals surface area (Å²) >= 11 is 0.955. The highest BCUT2D eigenvalue weighted by molar-refractivity contribution is 7.99. The van der Waals surface area contributed by atoms with E-state index in [0.717, 1.165) is 17.8 Å². The summed E-state index contributed by atoms with van der Waals surface area (Å²) in [4.78, 5) is 14.4. The minimum Gasteiger partial charge on any atom is -0.505 e. The summed E-state index contributed by atoms with van der Waals surface area (Å²) in [5.41, 5.74) is 0.417. The van der Waals surface area contributed by atoms with Crippen LogP contribution in [0.4, 0.5) is 4.39 Å². The van der Waals surface area contributed by atoms with Gasteiger partial charge in [0.25, 0.3) is 0 Å². The minimum absolute atomic E-state index is 0.152. The first kappa shape index (κ1) is 12.4. The monoisotopic (exact) mass is 269 g/mol. The predicted molar refractivity (Wildman–Crippen MR) is 61.8 cm³/mol. The lowest BCUT2D eigenvalue weighted by Gasteiger charge is -1.97. The zero-order chi connectivity index (χ0) is 13.1. The molecule has 1 heterocycles. The Morgan fingerprint density at radius 1 is 1.50 bits per heavy atom. The molecule has 0 atom stereocenters. The number of nitrogens with one attached hydrogen (secondary N) is 1. The molecule has 94 valence electrons. The molecule has 1 aromatic heterocycles. The fourth-order valence-corrected chi connectivity index (χ4v) is 1.74. The highest BCUT2D eigenvalue weighted by Crippen LogP contribution is 2.23. The van der Waals surface area contributed by atoms with E-state index in [1.807, 2.05) is 0 Å². The molecule has 0 aliphatic heterocycles. The molecule has 0 radical (unpaired) electrons. The van der Waals surface area contributed by atoms with Crippen LogP contribution in [-0.2, 0) is 4.79 Å². The molecule has 0 fully saturated rings. The molecule has 0 saturated heterocycles. The highest BCUT2D eigenvalue weighted by Gasteiger charge is 2.10. The largest absolute Gasteiger partial charge is 0.505 e. The quantitative estimate of drug-likeness (QED) is 0.727. The molecule has 8 heteroatoms. The van der Waals surface area contributed by atoms with Gasteiger partial charge < -0.3 is 10.2 Å². The molecule has 3 N–H and O–H groups in total. The number of hydrogen-bond donors (Lipinski definition) is 3. The fourth-order valence-electron chi connectivity index (χ4n) is 1.22. The maximum absolute atomic E-state index is 13.1. The molecule has 0 spiro atoms. The Morgan fingerprint density at radius 2 is 2.28 bits per heavy atom. The molecule has 1 aromatic carbocycles. The zero-order valence-electron chi connectivity index (χ0n) is 8.92. The third-order valence-electron chi connectivity index (χ3n) is 2.01. The van der Waals surface area contributed by atoms with Crippen molar-refractivity contribution in [3.63, 3.8) is 0 Å². The van der Waals surface area contributed by atoms with Crippen molar-refractivity contribution in [3.8, 4) is 17.1 Å². The summed E-state index contributed by atoms with van der Waals surface area (Å²) in [6.07, 6.45) is 0. The number of carbonyl (C=O) groups is 1. The van der Waals surface area contributed by atoms with Crippen LogP contribution >= 0.6 is 11.8 Å². The van der Waals surface area contributed by atoms with E-state index in [4.69, 9.17) is 10.2 Å². The van der Waals surface area contributed by atoms with Gasteiger partial charge in [-0.15, -0.1) is 5.10 Å². The van der Waals surface area contributed by atoms with Crippen molar-refractivity contribution in [2.45, 2.75) is 5.16 Å². The Hall–Kier alpha value is -2.09. The number of phenols is 1. The fraction of sp³-hybridized carbons (Fsp3) is 0.100. The molecule has 0 aliphatic carbocycles. The first-order valence-corrected chi connectivity index (χ1v) is 5.80. The van der Waals surface area contributed by atoms with Gasteiger partial charge in [0.2, 0.25) is 5.16 Å². The first-order valence-electron chi connectivity index (χ1n) is 4.82. The lowest BCUT2D eigenvalue weighted by Crippen LogP contribution is -1.97. The van der Waals surface area contributed by atoms with Gasteiger partial charge in [-0.2, -0.15) is 0 Å². The van der Waals surface area contributed by atoms with E-state index in [0.29, 0.717) is 11.4 Å². The Morgan fingerprint density at radius 3 is 2.94 bits per heavy atom. The molecule has 6 nitrogen and oxygen atoms in total. The molecule has 0 unspecified atom stereocenters. The molecule has 2 aromatic rings. The summed E-state index contributed by atoms with van der Waals surface area (Å²) in [7, 11) is 0. The number of aromatic amines is 1. The molecule has 0 amide bonds. The Balaban J connectivity index is 2.18. The minimum atomic E-state index is -0.970. The number of halogens is 1. The number of hydrogen-bond acceptors (Lipinski definition) is 5. The summed E-state index contributed by atoms with van der Waals surface area (Å²) in [6.45, 7) is 0. The topological polar surface area (TPSA) is 99.1 Å². The van der Waals surface area contributed by atoms with E-state index >= 15 is 0 Å². The number of nitrogens with zero attached hydrogens (tertiary/aromatic N) is 2. The number of aromatic hydroxyl groups is 1. The van der Waals surface area contributed by atoms with Gasteiger partial charge in [0.15, 0.2) is 17.4 Å². The van der Waals surface area contributed by atoms with Crippen LogP contribution in [0.3, 0.4) is 0 Å². The van der Waals surface area contributed by atoms with Crippen LogP contribution in [0.2, 0.25) is 0 Å². The summed E-state index contributed by atoms with van der Waals surface area (Å²) in [6, 6.07) is 3.79. The van der Waals surface area contributed by atoms with Gasteiger partial charge in [-0.3, -0.25) is 9.89 Å². The highest BCUT2D eigenvalue weighted by atomic mass is 32.2. The SMILES string of the molecule is O=C(O)CSc1n[nH]c(-c2ccc(O)c(F)c2)n1. The van der Waals surface area contributed by atoms with Crippen molar-refractivity contribution in [1.82, 2.24) is 15.2 Å². The van der Waals surface area contributed by atoms with Crippen LogP contribution in [0.1, 0.15) is 0 Å².